The summed E-state index contributed by atoms with van der Waals surface area (Å²) in [6.07, 6.45) is -0.468. The van der Waals surface area contributed by atoms with E-state index in [9.17, 15) is 15.0 Å². The molecule has 0 bridgehead atoms. The van der Waals surface area contributed by atoms with Gasteiger partial charge in [0.15, 0.2) is 5.82 Å². The Kier molecular flexibility index (Phi) is 5.25. The molecule has 27 heavy (non-hydrogen) atoms. The number of carboxylic acid groups (broad SMARTS) is 1. The summed E-state index contributed by atoms with van der Waals surface area (Å²) in [5.41, 5.74) is 0.964. The number of amides is 1. The molecule has 1 heterocycles. The number of fused-ring (bicyclic) bond motifs is 1. The van der Waals surface area contributed by atoms with Crippen molar-refractivity contribution in [2.24, 2.45) is 0 Å². The summed E-state index contributed by atoms with van der Waals surface area (Å²) in [4.78, 5) is 19.8. The highest BCUT2D eigenvalue weighted by molar-refractivity contribution is 5.91. The first-order valence-corrected chi connectivity index (χ1v) is 8.50. The smallest absolute Gasteiger partial charge is 0.404 e. The predicted molar refractivity (Wildman–Crippen MR) is 102 cm³/mol. The van der Waals surface area contributed by atoms with Crippen molar-refractivity contribution in [3.8, 4) is 22.9 Å². The Morgan fingerprint density at radius 2 is 1.93 bits per heavy atom. The molecule has 0 unspecified atom stereocenters. The van der Waals surface area contributed by atoms with Gasteiger partial charge in [-0.25, -0.2) is 14.8 Å². The minimum Gasteiger partial charge on any atom is -0.508 e. The number of phenols is 2. The van der Waals surface area contributed by atoms with E-state index >= 15 is 0 Å². The number of nitrogens with one attached hydrogen (secondary N) is 2. The van der Waals surface area contributed by atoms with Crippen LogP contribution in [0.25, 0.3) is 22.3 Å². The first-order chi connectivity index (χ1) is 13.0. The van der Waals surface area contributed by atoms with Crippen molar-refractivity contribution in [3.05, 3.63) is 42.5 Å². The molecule has 1 aromatic heterocycles. The molecular weight excluding hydrogens is 348 g/mol. The SMILES string of the molecule is CC[C@H](CNc1nc(-c2cc(O)ccc2O)nc2ccccc12)NC(=O)O. The fraction of sp³-hybridized carbons (Fsp3) is 0.211. The fourth-order valence-electron chi connectivity index (χ4n) is 2.73. The van der Waals surface area contributed by atoms with Gasteiger partial charge in [0, 0.05) is 18.0 Å². The maximum absolute atomic E-state index is 10.9. The molecule has 3 rings (SSSR count). The zero-order valence-electron chi connectivity index (χ0n) is 14.7. The Balaban J connectivity index is 2.01. The Morgan fingerprint density at radius 3 is 2.67 bits per heavy atom. The molecule has 2 aromatic carbocycles. The van der Waals surface area contributed by atoms with E-state index in [0.717, 1.165) is 5.39 Å². The first-order valence-electron chi connectivity index (χ1n) is 8.50. The summed E-state index contributed by atoms with van der Waals surface area (Å²) in [5, 5.41) is 35.1. The summed E-state index contributed by atoms with van der Waals surface area (Å²) in [7, 11) is 0. The van der Waals surface area contributed by atoms with Crippen molar-refractivity contribution in [3.63, 3.8) is 0 Å². The highest BCUT2D eigenvalue weighted by atomic mass is 16.4. The predicted octanol–water partition coefficient (Wildman–Crippen LogP) is 3.17. The summed E-state index contributed by atoms with van der Waals surface area (Å²) in [6, 6.07) is 11.2. The molecule has 8 heteroatoms. The molecule has 0 saturated carbocycles. The van der Waals surface area contributed by atoms with Crippen LogP contribution in [0.1, 0.15) is 13.3 Å². The number of para-hydroxylation sites is 1. The van der Waals surface area contributed by atoms with Crippen LogP contribution in [-0.2, 0) is 0 Å². The van der Waals surface area contributed by atoms with Crippen LogP contribution >= 0.6 is 0 Å². The zero-order chi connectivity index (χ0) is 19.4. The van der Waals surface area contributed by atoms with E-state index in [0.29, 0.717) is 29.9 Å². The molecule has 0 saturated heterocycles. The first kappa shape index (κ1) is 18.2. The highest BCUT2D eigenvalue weighted by Gasteiger charge is 2.15. The normalized spacial score (nSPS) is 11.9. The van der Waals surface area contributed by atoms with Crippen LogP contribution < -0.4 is 10.6 Å². The molecule has 0 spiro atoms. The lowest BCUT2D eigenvalue weighted by atomic mass is 10.1. The van der Waals surface area contributed by atoms with E-state index in [1.807, 2.05) is 31.2 Å². The van der Waals surface area contributed by atoms with Gasteiger partial charge in [-0.3, -0.25) is 0 Å². The Hall–Kier alpha value is -3.55. The lowest BCUT2D eigenvalue weighted by Crippen LogP contribution is -2.38. The standard InChI is InChI=1S/C19H20N4O4/c1-2-11(21-19(26)27)10-20-17-13-5-3-4-6-15(13)22-18(23-17)14-9-12(24)7-8-16(14)25/h3-9,11,21,24-25H,2,10H2,1H3,(H,26,27)(H,20,22,23)/t11-/m1/s1. The van der Waals surface area contributed by atoms with E-state index in [1.54, 1.807) is 0 Å². The van der Waals surface area contributed by atoms with Crippen LogP contribution in [-0.4, -0.2) is 44.0 Å². The molecule has 0 aliphatic carbocycles. The van der Waals surface area contributed by atoms with Gasteiger partial charge in [0.25, 0.3) is 0 Å². The van der Waals surface area contributed by atoms with Gasteiger partial charge in [0.1, 0.15) is 17.3 Å². The van der Waals surface area contributed by atoms with Gasteiger partial charge < -0.3 is 26.0 Å². The number of nitrogens with zero attached hydrogens (tertiary/aromatic N) is 2. The molecule has 0 fully saturated rings. The molecular formula is C19H20N4O4. The van der Waals surface area contributed by atoms with Gasteiger partial charge in [-0.15, -0.1) is 0 Å². The number of benzene rings is 2. The summed E-state index contributed by atoms with van der Waals surface area (Å²) < 4.78 is 0. The third-order valence-electron chi connectivity index (χ3n) is 4.16. The zero-order valence-corrected chi connectivity index (χ0v) is 14.7. The van der Waals surface area contributed by atoms with Gasteiger partial charge in [-0.1, -0.05) is 19.1 Å². The second-order valence-electron chi connectivity index (χ2n) is 6.05. The number of anilines is 1. The van der Waals surface area contributed by atoms with E-state index < -0.39 is 6.09 Å². The molecule has 0 aliphatic heterocycles. The molecule has 140 valence electrons. The summed E-state index contributed by atoms with van der Waals surface area (Å²) >= 11 is 0. The van der Waals surface area contributed by atoms with Crippen LogP contribution in [0.5, 0.6) is 11.5 Å². The Bertz CT molecular complexity index is 977. The summed E-state index contributed by atoms with van der Waals surface area (Å²) in [5.74, 6) is 0.714. The van der Waals surface area contributed by atoms with Crippen LogP contribution in [0.2, 0.25) is 0 Å². The van der Waals surface area contributed by atoms with Gasteiger partial charge in [-0.2, -0.15) is 0 Å². The second kappa shape index (κ2) is 7.77. The van der Waals surface area contributed by atoms with E-state index in [1.165, 1.54) is 18.2 Å². The lowest BCUT2D eigenvalue weighted by Gasteiger charge is -2.17. The number of hydrogen-bond donors (Lipinski definition) is 5. The molecule has 0 radical (unpaired) electrons. The average Bonchev–Trinajstić information content (AvgIpc) is 2.66. The minimum atomic E-state index is -1.08. The van der Waals surface area contributed by atoms with Crippen LogP contribution in [0.15, 0.2) is 42.5 Å². The minimum absolute atomic E-state index is 0.00854. The maximum Gasteiger partial charge on any atom is 0.404 e. The largest absolute Gasteiger partial charge is 0.508 e. The molecule has 1 amide bonds. The van der Waals surface area contributed by atoms with Crippen molar-refractivity contribution in [1.82, 2.24) is 15.3 Å². The van der Waals surface area contributed by atoms with Gasteiger partial charge in [0.2, 0.25) is 0 Å². The van der Waals surface area contributed by atoms with Crippen LogP contribution in [0, 0.1) is 0 Å². The molecule has 5 N–H and O–H groups in total. The number of phenolic OH excluding ortho intramolecular Hbond substituents is 2. The maximum atomic E-state index is 10.9. The van der Waals surface area contributed by atoms with Crippen molar-refractivity contribution in [2.45, 2.75) is 19.4 Å². The third kappa shape index (κ3) is 4.17. The monoisotopic (exact) mass is 368 g/mol. The third-order valence-corrected chi connectivity index (χ3v) is 4.16. The highest BCUT2D eigenvalue weighted by Crippen LogP contribution is 2.32. The fourth-order valence-corrected chi connectivity index (χ4v) is 2.73. The van der Waals surface area contributed by atoms with Gasteiger partial charge in [0.05, 0.1) is 11.1 Å². The number of rotatable bonds is 6. The number of carbonyl (C=O) groups is 1. The molecule has 8 nitrogen and oxygen atoms in total. The second-order valence-corrected chi connectivity index (χ2v) is 6.05. The van der Waals surface area contributed by atoms with Crippen molar-refractivity contribution >= 4 is 22.8 Å². The van der Waals surface area contributed by atoms with Crippen molar-refractivity contribution in [2.75, 3.05) is 11.9 Å². The Morgan fingerprint density at radius 1 is 1.15 bits per heavy atom. The lowest BCUT2D eigenvalue weighted by molar-refractivity contribution is 0.190. The van der Waals surface area contributed by atoms with E-state index in [-0.39, 0.29) is 23.4 Å². The molecule has 0 aliphatic rings. The number of aromatic nitrogens is 2. The molecule has 1 atom stereocenters. The Labute approximate surface area is 155 Å². The van der Waals surface area contributed by atoms with Gasteiger partial charge in [-0.05, 0) is 36.8 Å². The summed E-state index contributed by atoms with van der Waals surface area (Å²) in [6.45, 7) is 2.23. The number of aromatic hydroxyl groups is 2. The van der Waals surface area contributed by atoms with E-state index in [4.69, 9.17) is 5.11 Å². The average molecular weight is 368 g/mol. The topological polar surface area (TPSA) is 128 Å². The van der Waals surface area contributed by atoms with Crippen molar-refractivity contribution in [1.29, 1.82) is 0 Å². The van der Waals surface area contributed by atoms with E-state index in [2.05, 4.69) is 20.6 Å². The quantitative estimate of drug-likeness (QED) is 0.423. The van der Waals surface area contributed by atoms with Gasteiger partial charge >= 0.3 is 6.09 Å². The van der Waals surface area contributed by atoms with Crippen LogP contribution in [0.4, 0.5) is 10.6 Å². The number of hydrogen-bond acceptors (Lipinski definition) is 6. The van der Waals surface area contributed by atoms with Crippen LogP contribution in [0.3, 0.4) is 0 Å². The van der Waals surface area contributed by atoms with Crippen molar-refractivity contribution < 1.29 is 20.1 Å². The molecule has 3 aromatic rings.